The molecule has 2 aromatic rings. The molecule has 0 unspecified atom stereocenters. The zero-order valence-electron chi connectivity index (χ0n) is 11.3. The number of benzene rings is 1. The van der Waals surface area contributed by atoms with Crippen molar-refractivity contribution in [1.82, 2.24) is 9.71 Å². The molecule has 0 bridgehead atoms. The Kier molecular flexibility index (Phi) is 5.04. The van der Waals surface area contributed by atoms with E-state index in [0.29, 0.717) is 17.1 Å². The van der Waals surface area contributed by atoms with Gasteiger partial charge in [0.15, 0.2) is 8.68 Å². The summed E-state index contributed by atoms with van der Waals surface area (Å²) in [4.78, 5) is 3.72. The minimum atomic E-state index is -3.64. The predicted molar refractivity (Wildman–Crippen MR) is 80.7 cm³/mol. The number of thiazole rings is 1. The Morgan fingerprint density at radius 3 is 2.67 bits per heavy atom. The maximum atomic E-state index is 12.1. The summed E-state index contributed by atoms with van der Waals surface area (Å²) in [6.45, 7) is 0.0883. The Balaban J connectivity index is 2.16. The monoisotopic (exact) mass is 348 g/mol. The lowest BCUT2D eigenvalue weighted by atomic mass is 10.2. The highest BCUT2D eigenvalue weighted by Gasteiger charge is 2.18. The zero-order chi connectivity index (χ0) is 15.5. The molecule has 2 rings (SSSR count). The first kappa shape index (κ1) is 16.0. The SMILES string of the molecule is COc1ccc(CNS(=O)(=O)c2cnc(Cl)s2)c(OC)c1. The van der Waals surface area contributed by atoms with E-state index in [1.165, 1.54) is 13.3 Å². The number of rotatable bonds is 6. The molecule has 0 aliphatic rings. The Morgan fingerprint density at radius 1 is 1.33 bits per heavy atom. The van der Waals surface area contributed by atoms with Crippen LogP contribution in [0.5, 0.6) is 11.5 Å². The molecule has 6 nitrogen and oxygen atoms in total. The molecule has 21 heavy (non-hydrogen) atoms. The molecule has 1 aromatic heterocycles. The number of halogens is 1. The first-order valence-corrected chi connectivity index (χ1v) is 8.46. The summed E-state index contributed by atoms with van der Waals surface area (Å²) < 4.78 is 37.2. The van der Waals surface area contributed by atoms with Gasteiger partial charge in [-0.2, -0.15) is 0 Å². The van der Waals surface area contributed by atoms with Crippen LogP contribution in [0.15, 0.2) is 28.6 Å². The molecular formula is C12H13ClN2O4S2. The van der Waals surface area contributed by atoms with Gasteiger partial charge in [0.05, 0.1) is 20.4 Å². The number of nitrogens with one attached hydrogen (secondary N) is 1. The van der Waals surface area contributed by atoms with Crippen molar-refractivity contribution in [3.63, 3.8) is 0 Å². The number of sulfonamides is 1. The molecule has 0 spiro atoms. The van der Waals surface area contributed by atoms with Crippen LogP contribution in [0.3, 0.4) is 0 Å². The highest BCUT2D eigenvalue weighted by atomic mass is 35.5. The zero-order valence-corrected chi connectivity index (χ0v) is 13.7. The van der Waals surface area contributed by atoms with E-state index >= 15 is 0 Å². The van der Waals surface area contributed by atoms with Gasteiger partial charge in [0.2, 0.25) is 0 Å². The molecule has 114 valence electrons. The van der Waals surface area contributed by atoms with Gasteiger partial charge < -0.3 is 9.47 Å². The van der Waals surface area contributed by atoms with Crippen LogP contribution in [0.1, 0.15) is 5.56 Å². The topological polar surface area (TPSA) is 77.5 Å². The molecule has 0 radical (unpaired) electrons. The minimum Gasteiger partial charge on any atom is -0.497 e. The lowest BCUT2D eigenvalue weighted by molar-refractivity contribution is 0.390. The fourth-order valence-corrected chi connectivity index (χ4v) is 3.95. The highest BCUT2D eigenvalue weighted by Crippen LogP contribution is 2.26. The number of methoxy groups -OCH3 is 2. The molecule has 9 heteroatoms. The van der Waals surface area contributed by atoms with Crippen LogP contribution in [0.4, 0.5) is 0 Å². The van der Waals surface area contributed by atoms with Gasteiger partial charge in [-0.3, -0.25) is 0 Å². The molecule has 0 saturated heterocycles. The quantitative estimate of drug-likeness (QED) is 0.866. The smallest absolute Gasteiger partial charge is 0.252 e. The molecule has 0 atom stereocenters. The second-order valence-corrected chi connectivity index (χ2v) is 7.54. The minimum absolute atomic E-state index is 0.0694. The van der Waals surface area contributed by atoms with Crippen LogP contribution in [-0.4, -0.2) is 27.6 Å². The van der Waals surface area contributed by atoms with Crippen LogP contribution in [-0.2, 0) is 16.6 Å². The van der Waals surface area contributed by atoms with E-state index in [2.05, 4.69) is 9.71 Å². The van der Waals surface area contributed by atoms with Gasteiger partial charge in [-0.05, 0) is 6.07 Å². The van der Waals surface area contributed by atoms with Crippen molar-refractivity contribution < 1.29 is 17.9 Å². The van der Waals surface area contributed by atoms with Crippen molar-refractivity contribution in [3.8, 4) is 11.5 Å². The summed E-state index contributed by atoms with van der Waals surface area (Å²) in [7, 11) is -0.588. The number of nitrogens with zero attached hydrogens (tertiary/aromatic N) is 1. The van der Waals surface area contributed by atoms with Crippen molar-refractivity contribution in [2.75, 3.05) is 14.2 Å². The summed E-state index contributed by atoms with van der Waals surface area (Å²) >= 11 is 6.54. The van der Waals surface area contributed by atoms with Crippen molar-refractivity contribution in [2.45, 2.75) is 10.8 Å². The summed E-state index contributed by atoms with van der Waals surface area (Å²) in [5.41, 5.74) is 0.692. The number of hydrogen-bond donors (Lipinski definition) is 1. The van der Waals surface area contributed by atoms with Gasteiger partial charge in [-0.25, -0.2) is 18.1 Å². The van der Waals surface area contributed by atoms with Crippen LogP contribution in [0.25, 0.3) is 0 Å². The fourth-order valence-electron chi connectivity index (χ4n) is 1.61. The van der Waals surface area contributed by atoms with Crippen molar-refractivity contribution in [3.05, 3.63) is 34.4 Å². The van der Waals surface area contributed by atoms with Gasteiger partial charge in [0.1, 0.15) is 11.5 Å². The van der Waals surface area contributed by atoms with Crippen molar-refractivity contribution in [1.29, 1.82) is 0 Å². The third-order valence-electron chi connectivity index (χ3n) is 2.67. The Bertz CT molecular complexity index is 731. The Labute approximate surface area is 131 Å². The molecule has 1 heterocycles. The average Bonchev–Trinajstić information content (AvgIpc) is 2.92. The van der Waals surface area contributed by atoms with Crippen LogP contribution < -0.4 is 14.2 Å². The largest absolute Gasteiger partial charge is 0.497 e. The second kappa shape index (κ2) is 6.61. The van der Waals surface area contributed by atoms with Gasteiger partial charge in [0, 0.05) is 18.2 Å². The lowest BCUT2D eigenvalue weighted by Gasteiger charge is -2.11. The first-order valence-electron chi connectivity index (χ1n) is 5.78. The molecule has 0 aliphatic heterocycles. The average molecular weight is 349 g/mol. The molecular weight excluding hydrogens is 336 g/mol. The summed E-state index contributed by atoms with van der Waals surface area (Å²) in [6, 6.07) is 5.16. The van der Waals surface area contributed by atoms with E-state index in [0.717, 1.165) is 11.3 Å². The van der Waals surface area contributed by atoms with Gasteiger partial charge >= 0.3 is 0 Å². The third-order valence-corrected chi connectivity index (χ3v) is 5.65. The van der Waals surface area contributed by atoms with Gasteiger partial charge in [0.25, 0.3) is 10.0 Å². The molecule has 0 amide bonds. The van der Waals surface area contributed by atoms with Crippen LogP contribution in [0.2, 0.25) is 4.47 Å². The van der Waals surface area contributed by atoms with E-state index in [9.17, 15) is 8.42 Å². The molecule has 1 aromatic carbocycles. The van der Waals surface area contributed by atoms with E-state index < -0.39 is 10.0 Å². The maximum Gasteiger partial charge on any atom is 0.252 e. The van der Waals surface area contributed by atoms with Crippen molar-refractivity contribution >= 4 is 33.0 Å². The molecule has 1 N–H and O–H groups in total. The maximum absolute atomic E-state index is 12.1. The molecule has 0 aliphatic carbocycles. The van der Waals surface area contributed by atoms with E-state index in [-0.39, 0.29) is 15.2 Å². The van der Waals surface area contributed by atoms with Gasteiger partial charge in [-0.15, -0.1) is 0 Å². The Morgan fingerprint density at radius 2 is 2.10 bits per heavy atom. The summed E-state index contributed by atoms with van der Waals surface area (Å²) in [5, 5.41) is 0. The van der Waals surface area contributed by atoms with E-state index in [1.807, 2.05) is 0 Å². The predicted octanol–water partition coefficient (Wildman–Crippen LogP) is 2.29. The first-order chi connectivity index (χ1) is 9.96. The van der Waals surface area contributed by atoms with E-state index in [4.69, 9.17) is 21.1 Å². The number of aromatic nitrogens is 1. The standard InChI is InChI=1S/C12H13ClN2O4S2/c1-18-9-4-3-8(10(5-9)19-2)6-15-21(16,17)11-7-14-12(13)20-11/h3-5,7,15H,6H2,1-2H3. The van der Waals surface area contributed by atoms with Crippen LogP contribution >= 0.6 is 22.9 Å². The fraction of sp³-hybridized carbons (Fsp3) is 0.250. The summed E-state index contributed by atoms with van der Waals surface area (Å²) in [5.74, 6) is 1.17. The second-order valence-electron chi connectivity index (χ2n) is 3.93. The van der Waals surface area contributed by atoms with Crippen molar-refractivity contribution in [2.24, 2.45) is 0 Å². The van der Waals surface area contributed by atoms with E-state index in [1.54, 1.807) is 25.3 Å². The summed E-state index contributed by atoms with van der Waals surface area (Å²) in [6.07, 6.45) is 1.22. The molecule has 0 saturated carbocycles. The molecule has 0 fully saturated rings. The number of hydrogen-bond acceptors (Lipinski definition) is 6. The normalized spacial score (nSPS) is 11.4. The van der Waals surface area contributed by atoms with Crippen LogP contribution in [0, 0.1) is 0 Å². The number of ether oxygens (including phenoxy) is 2. The lowest BCUT2D eigenvalue weighted by Crippen LogP contribution is -2.22. The third kappa shape index (κ3) is 3.85. The highest BCUT2D eigenvalue weighted by molar-refractivity contribution is 7.91. The van der Waals surface area contributed by atoms with Gasteiger partial charge in [-0.1, -0.05) is 29.0 Å². The Hall–Kier alpha value is -1.35.